The van der Waals surface area contributed by atoms with Gasteiger partial charge in [-0.25, -0.2) is 9.78 Å². The van der Waals surface area contributed by atoms with E-state index in [2.05, 4.69) is 20.3 Å². The molecule has 1 aliphatic rings. The van der Waals surface area contributed by atoms with Gasteiger partial charge in [0.05, 0.1) is 6.33 Å². The number of hydrogen-bond donors (Lipinski definition) is 3. The van der Waals surface area contributed by atoms with E-state index in [-0.39, 0.29) is 23.2 Å². The lowest BCUT2D eigenvalue weighted by molar-refractivity contribution is 0.182. The second-order valence-corrected chi connectivity index (χ2v) is 5.49. The predicted molar refractivity (Wildman–Crippen MR) is 77.2 cm³/mol. The van der Waals surface area contributed by atoms with Crippen LogP contribution in [0.4, 0.5) is 10.6 Å². The molecule has 1 fully saturated rings. The molecule has 2 heterocycles. The Hall–Kier alpha value is -2.09. The Morgan fingerprint density at radius 1 is 1.38 bits per heavy atom. The first kappa shape index (κ1) is 13.9. The number of hydrogen-bond acceptors (Lipinski definition) is 5. The van der Waals surface area contributed by atoms with E-state index >= 15 is 0 Å². The average Bonchev–Trinajstić information content (AvgIpc) is 2.83. The van der Waals surface area contributed by atoms with Gasteiger partial charge in [-0.15, -0.1) is 0 Å². The maximum absolute atomic E-state index is 10.7. The third-order valence-electron chi connectivity index (χ3n) is 3.84. The third kappa shape index (κ3) is 2.71. The van der Waals surface area contributed by atoms with Crippen LogP contribution in [-0.2, 0) is 0 Å². The zero-order valence-corrected chi connectivity index (χ0v) is 11.9. The minimum absolute atomic E-state index is 0.0109. The van der Waals surface area contributed by atoms with Gasteiger partial charge in [0.15, 0.2) is 11.5 Å². The first-order valence-electron chi connectivity index (χ1n) is 6.69. The lowest BCUT2D eigenvalue weighted by Crippen LogP contribution is -2.37. The number of nitrogens with zero attached hydrogens (tertiary/aromatic N) is 4. The van der Waals surface area contributed by atoms with Crippen LogP contribution in [0.5, 0.6) is 0 Å². The quantitative estimate of drug-likeness (QED) is 0.728. The summed E-state index contributed by atoms with van der Waals surface area (Å²) in [6.45, 7) is 0. The van der Waals surface area contributed by atoms with Gasteiger partial charge in [0.1, 0.15) is 5.52 Å². The molecule has 21 heavy (non-hydrogen) atoms. The van der Waals surface area contributed by atoms with Gasteiger partial charge in [0.2, 0.25) is 5.28 Å². The van der Waals surface area contributed by atoms with Crippen LogP contribution in [0.25, 0.3) is 11.2 Å². The van der Waals surface area contributed by atoms with Crippen LogP contribution in [0, 0.1) is 0 Å². The van der Waals surface area contributed by atoms with E-state index in [0.717, 1.165) is 25.7 Å². The molecule has 112 valence electrons. The summed E-state index contributed by atoms with van der Waals surface area (Å²) in [6.07, 6.45) is 3.98. The average molecular weight is 311 g/mol. The van der Waals surface area contributed by atoms with Crippen molar-refractivity contribution in [2.75, 3.05) is 5.73 Å². The van der Waals surface area contributed by atoms with Crippen molar-refractivity contribution in [2.45, 2.75) is 37.8 Å². The largest absolute Gasteiger partial charge is 0.465 e. The van der Waals surface area contributed by atoms with Crippen molar-refractivity contribution in [3.63, 3.8) is 0 Å². The van der Waals surface area contributed by atoms with Gasteiger partial charge in [0.25, 0.3) is 0 Å². The van der Waals surface area contributed by atoms with Crippen LogP contribution in [0.15, 0.2) is 6.33 Å². The lowest BCUT2D eigenvalue weighted by Gasteiger charge is -2.29. The summed E-state index contributed by atoms with van der Waals surface area (Å²) in [4.78, 5) is 23.0. The van der Waals surface area contributed by atoms with Gasteiger partial charge in [-0.2, -0.15) is 9.97 Å². The molecule has 0 bridgehead atoms. The molecule has 0 aliphatic heterocycles. The van der Waals surface area contributed by atoms with E-state index in [0.29, 0.717) is 11.2 Å². The summed E-state index contributed by atoms with van der Waals surface area (Å²) < 4.78 is 1.95. The van der Waals surface area contributed by atoms with Crippen molar-refractivity contribution in [3.05, 3.63) is 11.6 Å². The van der Waals surface area contributed by atoms with Crippen LogP contribution in [-0.4, -0.2) is 36.8 Å². The minimum atomic E-state index is -0.973. The number of nitrogens with one attached hydrogen (secondary N) is 1. The molecule has 1 saturated carbocycles. The molecule has 0 unspecified atom stereocenters. The normalized spacial score (nSPS) is 22.3. The standard InChI is InChI=1S/C12H15ClN6O2/c13-11-17-9(14)8-10(18-11)19(5-15-8)7-3-1-6(2-4-7)16-12(20)21/h5-7,16H,1-4H2,(H,20,21)(H2,14,17,18). The van der Waals surface area contributed by atoms with Crippen molar-refractivity contribution < 1.29 is 9.90 Å². The van der Waals surface area contributed by atoms with Crippen molar-refractivity contribution in [2.24, 2.45) is 0 Å². The number of amides is 1. The maximum atomic E-state index is 10.7. The Balaban J connectivity index is 1.81. The van der Waals surface area contributed by atoms with Crippen LogP contribution >= 0.6 is 11.6 Å². The van der Waals surface area contributed by atoms with E-state index in [1.807, 2.05) is 4.57 Å². The first-order chi connectivity index (χ1) is 10.0. The molecule has 1 amide bonds. The molecule has 0 saturated heterocycles. The fraction of sp³-hybridized carbons (Fsp3) is 0.500. The van der Waals surface area contributed by atoms with Gasteiger partial charge in [0, 0.05) is 12.1 Å². The molecule has 3 rings (SSSR count). The zero-order chi connectivity index (χ0) is 15.0. The Kier molecular flexibility index (Phi) is 3.54. The predicted octanol–water partition coefficient (Wildman–Crippen LogP) is 1.81. The summed E-state index contributed by atoms with van der Waals surface area (Å²) in [5.41, 5.74) is 6.96. The highest BCUT2D eigenvalue weighted by molar-refractivity contribution is 6.28. The van der Waals surface area contributed by atoms with Crippen LogP contribution in [0.2, 0.25) is 5.28 Å². The Labute approximate surface area is 125 Å². The molecule has 0 radical (unpaired) electrons. The second-order valence-electron chi connectivity index (χ2n) is 5.16. The van der Waals surface area contributed by atoms with Gasteiger partial charge < -0.3 is 20.7 Å². The van der Waals surface area contributed by atoms with E-state index in [1.165, 1.54) is 0 Å². The molecular weight excluding hydrogens is 296 g/mol. The number of carbonyl (C=O) groups is 1. The zero-order valence-electron chi connectivity index (χ0n) is 11.2. The number of carboxylic acid groups (broad SMARTS) is 1. The van der Waals surface area contributed by atoms with Gasteiger partial charge >= 0.3 is 6.09 Å². The molecule has 0 aromatic carbocycles. The van der Waals surface area contributed by atoms with Crippen LogP contribution in [0.3, 0.4) is 0 Å². The highest BCUT2D eigenvalue weighted by Gasteiger charge is 2.25. The van der Waals surface area contributed by atoms with Crippen molar-refractivity contribution in [1.29, 1.82) is 0 Å². The summed E-state index contributed by atoms with van der Waals surface area (Å²) in [5, 5.41) is 11.4. The Morgan fingerprint density at radius 3 is 2.76 bits per heavy atom. The molecular formula is C12H15ClN6O2. The first-order valence-corrected chi connectivity index (χ1v) is 7.07. The van der Waals surface area contributed by atoms with Crippen molar-refractivity contribution in [1.82, 2.24) is 24.8 Å². The highest BCUT2D eigenvalue weighted by atomic mass is 35.5. The molecule has 9 heteroatoms. The second kappa shape index (κ2) is 5.36. The number of imidazole rings is 1. The topological polar surface area (TPSA) is 119 Å². The van der Waals surface area contributed by atoms with Gasteiger partial charge in [-0.05, 0) is 37.3 Å². The van der Waals surface area contributed by atoms with E-state index < -0.39 is 6.09 Å². The number of aromatic nitrogens is 4. The molecule has 8 nitrogen and oxygen atoms in total. The molecule has 4 N–H and O–H groups in total. The summed E-state index contributed by atoms with van der Waals surface area (Å²) in [5.74, 6) is 0.268. The highest BCUT2D eigenvalue weighted by Crippen LogP contribution is 2.31. The van der Waals surface area contributed by atoms with Crippen molar-refractivity contribution in [3.8, 4) is 0 Å². The van der Waals surface area contributed by atoms with Crippen LogP contribution < -0.4 is 11.1 Å². The molecule has 2 aromatic rings. The smallest absolute Gasteiger partial charge is 0.404 e. The molecule has 0 spiro atoms. The van der Waals surface area contributed by atoms with E-state index in [1.54, 1.807) is 6.33 Å². The number of nitrogens with two attached hydrogens (primary N) is 1. The molecule has 1 aliphatic carbocycles. The summed E-state index contributed by atoms with van der Waals surface area (Å²) in [7, 11) is 0. The Morgan fingerprint density at radius 2 is 2.10 bits per heavy atom. The SMILES string of the molecule is Nc1nc(Cl)nc2c1ncn2C1CCC(NC(=O)O)CC1. The third-order valence-corrected chi connectivity index (χ3v) is 4.01. The molecule has 0 atom stereocenters. The lowest BCUT2D eigenvalue weighted by atomic mass is 9.91. The van der Waals surface area contributed by atoms with Gasteiger partial charge in [-0.3, -0.25) is 0 Å². The van der Waals surface area contributed by atoms with E-state index in [9.17, 15) is 4.79 Å². The Bertz CT molecular complexity index is 680. The number of rotatable bonds is 2. The number of fused-ring (bicyclic) bond motifs is 1. The number of halogens is 1. The van der Waals surface area contributed by atoms with Gasteiger partial charge in [-0.1, -0.05) is 0 Å². The number of anilines is 1. The maximum Gasteiger partial charge on any atom is 0.404 e. The fourth-order valence-electron chi connectivity index (χ4n) is 2.85. The summed E-state index contributed by atoms with van der Waals surface area (Å²) >= 11 is 5.85. The van der Waals surface area contributed by atoms with Crippen LogP contribution in [0.1, 0.15) is 31.7 Å². The number of nitrogen functional groups attached to an aromatic ring is 1. The minimum Gasteiger partial charge on any atom is -0.465 e. The molecule has 2 aromatic heterocycles. The van der Waals surface area contributed by atoms with Crippen molar-refractivity contribution >= 4 is 34.7 Å². The van der Waals surface area contributed by atoms with E-state index in [4.69, 9.17) is 22.4 Å². The summed E-state index contributed by atoms with van der Waals surface area (Å²) in [6, 6.07) is 0.226. The fourth-order valence-corrected chi connectivity index (χ4v) is 3.02. The monoisotopic (exact) mass is 310 g/mol.